The Morgan fingerprint density at radius 1 is 1.26 bits per heavy atom. The number of nitrogens with zero attached hydrogens (tertiary/aromatic N) is 2. The van der Waals surface area contributed by atoms with E-state index in [1.165, 1.54) is 0 Å². The monoisotopic (exact) mass is 261 g/mol. The summed E-state index contributed by atoms with van der Waals surface area (Å²) in [5, 5.41) is 21.2. The van der Waals surface area contributed by atoms with E-state index in [0.717, 1.165) is 16.7 Å². The van der Waals surface area contributed by atoms with Crippen LogP contribution in [0.1, 0.15) is 19.3 Å². The quantitative estimate of drug-likeness (QED) is 0.684. The Bertz CT molecular complexity index is 574. The van der Waals surface area contributed by atoms with E-state index < -0.39 is 12.2 Å². The van der Waals surface area contributed by atoms with E-state index in [1.54, 1.807) is 24.5 Å². The van der Waals surface area contributed by atoms with Gasteiger partial charge in [-0.3, -0.25) is 14.8 Å². The standard InChI is InChI=1S/C13H15N3O3/c17-12(2-1-3-13(18)19)16-9-4-5-10-11(8-9)15-7-6-14-10/h4-8,12,16-17H,1-3H2,(H,18,19). The lowest BCUT2D eigenvalue weighted by Gasteiger charge is -2.13. The van der Waals surface area contributed by atoms with Gasteiger partial charge in [-0.1, -0.05) is 0 Å². The highest BCUT2D eigenvalue weighted by molar-refractivity contribution is 5.78. The minimum absolute atomic E-state index is 0.0575. The first kappa shape index (κ1) is 13.2. The van der Waals surface area contributed by atoms with Crippen molar-refractivity contribution in [3.05, 3.63) is 30.6 Å². The lowest BCUT2D eigenvalue weighted by molar-refractivity contribution is -0.137. The van der Waals surface area contributed by atoms with Gasteiger partial charge in [-0.25, -0.2) is 0 Å². The second kappa shape index (κ2) is 6.10. The fourth-order valence-corrected chi connectivity index (χ4v) is 1.76. The molecule has 0 radical (unpaired) electrons. The molecule has 3 N–H and O–H groups in total. The van der Waals surface area contributed by atoms with Crippen molar-refractivity contribution >= 4 is 22.7 Å². The number of benzene rings is 1. The van der Waals surface area contributed by atoms with Crippen molar-refractivity contribution in [1.82, 2.24) is 9.97 Å². The zero-order valence-corrected chi connectivity index (χ0v) is 10.3. The van der Waals surface area contributed by atoms with Crippen molar-refractivity contribution < 1.29 is 15.0 Å². The Hall–Kier alpha value is -2.21. The van der Waals surface area contributed by atoms with Crippen LogP contribution >= 0.6 is 0 Å². The number of aliphatic carboxylic acids is 1. The highest BCUT2D eigenvalue weighted by Crippen LogP contribution is 2.16. The van der Waals surface area contributed by atoms with Crippen molar-refractivity contribution in [2.24, 2.45) is 0 Å². The van der Waals surface area contributed by atoms with Gasteiger partial charge < -0.3 is 15.5 Å². The molecule has 1 aromatic heterocycles. The molecule has 0 aliphatic carbocycles. The first-order valence-electron chi connectivity index (χ1n) is 6.02. The van der Waals surface area contributed by atoms with Gasteiger partial charge in [0.25, 0.3) is 0 Å². The van der Waals surface area contributed by atoms with E-state index >= 15 is 0 Å². The first-order valence-corrected chi connectivity index (χ1v) is 6.02. The number of fused-ring (bicyclic) bond motifs is 1. The molecule has 0 saturated carbocycles. The molecule has 1 unspecified atom stereocenters. The van der Waals surface area contributed by atoms with E-state index in [4.69, 9.17) is 5.11 Å². The zero-order chi connectivity index (χ0) is 13.7. The molecule has 1 heterocycles. The van der Waals surface area contributed by atoms with Gasteiger partial charge >= 0.3 is 5.97 Å². The Kier molecular flexibility index (Phi) is 4.25. The second-order valence-electron chi connectivity index (χ2n) is 4.21. The summed E-state index contributed by atoms with van der Waals surface area (Å²) in [5.74, 6) is -0.854. The lowest BCUT2D eigenvalue weighted by atomic mass is 10.2. The number of carbonyl (C=O) groups is 1. The van der Waals surface area contributed by atoms with Gasteiger partial charge in [-0.15, -0.1) is 0 Å². The fourth-order valence-electron chi connectivity index (χ4n) is 1.76. The van der Waals surface area contributed by atoms with Gasteiger partial charge in [-0.2, -0.15) is 0 Å². The molecule has 0 spiro atoms. The molecular weight excluding hydrogens is 246 g/mol. The Morgan fingerprint density at radius 3 is 2.74 bits per heavy atom. The molecule has 19 heavy (non-hydrogen) atoms. The molecule has 6 nitrogen and oxygen atoms in total. The number of rotatable bonds is 6. The van der Waals surface area contributed by atoms with Crippen LogP contribution in [0.5, 0.6) is 0 Å². The predicted octanol–water partition coefficient (Wildman–Crippen LogP) is 1.61. The van der Waals surface area contributed by atoms with Crippen LogP contribution in [0.4, 0.5) is 5.69 Å². The smallest absolute Gasteiger partial charge is 0.303 e. The van der Waals surface area contributed by atoms with E-state index in [0.29, 0.717) is 12.8 Å². The summed E-state index contributed by atoms with van der Waals surface area (Å²) in [6.07, 6.45) is 3.32. The Morgan fingerprint density at radius 2 is 2.00 bits per heavy atom. The van der Waals surface area contributed by atoms with E-state index in [-0.39, 0.29) is 6.42 Å². The van der Waals surface area contributed by atoms with Crippen LogP contribution in [0.15, 0.2) is 30.6 Å². The van der Waals surface area contributed by atoms with E-state index in [1.807, 2.05) is 6.07 Å². The van der Waals surface area contributed by atoms with Crippen molar-refractivity contribution in [1.29, 1.82) is 0 Å². The van der Waals surface area contributed by atoms with Crippen molar-refractivity contribution in [3.63, 3.8) is 0 Å². The third-order valence-electron chi connectivity index (χ3n) is 2.67. The maximum absolute atomic E-state index is 10.4. The minimum Gasteiger partial charge on any atom is -0.481 e. The SMILES string of the molecule is O=C(O)CCCC(O)Nc1ccc2nccnc2c1. The van der Waals surface area contributed by atoms with Crippen LogP contribution in [-0.4, -0.2) is 32.4 Å². The number of aliphatic hydroxyl groups excluding tert-OH is 1. The molecule has 0 aliphatic rings. The molecule has 0 amide bonds. The summed E-state index contributed by atoms with van der Waals surface area (Å²) in [6.45, 7) is 0. The third kappa shape index (κ3) is 3.89. The van der Waals surface area contributed by atoms with Crippen LogP contribution in [0.25, 0.3) is 11.0 Å². The van der Waals surface area contributed by atoms with Crippen molar-refractivity contribution in [3.8, 4) is 0 Å². The number of aromatic nitrogens is 2. The number of carboxylic acid groups (broad SMARTS) is 1. The summed E-state index contributed by atoms with van der Waals surface area (Å²) in [7, 11) is 0. The van der Waals surface area contributed by atoms with Crippen molar-refractivity contribution in [2.45, 2.75) is 25.5 Å². The number of aliphatic hydroxyl groups is 1. The van der Waals surface area contributed by atoms with Crippen molar-refractivity contribution in [2.75, 3.05) is 5.32 Å². The van der Waals surface area contributed by atoms with Gasteiger partial charge in [0.2, 0.25) is 0 Å². The van der Waals surface area contributed by atoms with Gasteiger partial charge in [0.15, 0.2) is 0 Å². The number of hydrogen-bond acceptors (Lipinski definition) is 5. The number of carboxylic acids is 1. The average molecular weight is 261 g/mol. The van der Waals surface area contributed by atoms with Gasteiger partial charge in [0.1, 0.15) is 6.23 Å². The van der Waals surface area contributed by atoms with Crippen LogP contribution in [0, 0.1) is 0 Å². The number of nitrogens with one attached hydrogen (secondary N) is 1. The van der Waals surface area contributed by atoms with Gasteiger partial charge in [0, 0.05) is 24.5 Å². The predicted molar refractivity (Wildman–Crippen MR) is 70.7 cm³/mol. The van der Waals surface area contributed by atoms with Gasteiger partial charge in [-0.05, 0) is 31.0 Å². The molecular formula is C13H15N3O3. The molecule has 0 fully saturated rings. The molecule has 2 rings (SSSR count). The van der Waals surface area contributed by atoms with E-state index in [9.17, 15) is 9.90 Å². The van der Waals surface area contributed by atoms with Crippen LogP contribution in [0.3, 0.4) is 0 Å². The minimum atomic E-state index is -0.854. The summed E-state index contributed by atoms with van der Waals surface area (Å²) >= 11 is 0. The van der Waals surface area contributed by atoms with Gasteiger partial charge in [0.05, 0.1) is 11.0 Å². The lowest BCUT2D eigenvalue weighted by Crippen LogP contribution is -2.18. The molecule has 0 saturated heterocycles. The van der Waals surface area contributed by atoms with Crippen LogP contribution in [0.2, 0.25) is 0 Å². The molecule has 6 heteroatoms. The summed E-state index contributed by atoms with van der Waals surface area (Å²) in [6, 6.07) is 5.41. The summed E-state index contributed by atoms with van der Waals surface area (Å²) < 4.78 is 0. The molecule has 1 atom stereocenters. The maximum atomic E-state index is 10.4. The molecule has 0 bridgehead atoms. The Balaban J connectivity index is 1.95. The fraction of sp³-hybridized carbons (Fsp3) is 0.308. The Labute approximate surface area is 110 Å². The molecule has 1 aromatic carbocycles. The zero-order valence-electron chi connectivity index (χ0n) is 10.3. The topological polar surface area (TPSA) is 95.3 Å². The third-order valence-corrected chi connectivity index (χ3v) is 2.67. The normalized spacial score (nSPS) is 12.3. The van der Waals surface area contributed by atoms with Crippen LogP contribution < -0.4 is 5.32 Å². The number of hydrogen-bond donors (Lipinski definition) is 3. The largest absolute Gasteiger partial charge is 0.481 e. The maximum Gasteiger partial charge on any atom is 0.303 e. The van der Waals surface area contributed by atoms with Crippen LogP contribution in [-0.2, 0) is 4.79 Å². The average Bonchev–Trinajstić information content (AvgIpc) is 2.38. The summed E-state index contributed by atoms with van der Waals surface area (Å²) in [4.78, 5) is 18.7. The van der Waals surface area contributed by atoms with E-state index in [2.05, 4.69) is 15.3 Å². The molecule has 2 aromatic rings. The molecule has 0 aliphatic heterocycles. The second-order valence-corrected chi connectivity index (χ2v) is 4.21. The molecule has 100 valence electrons. The highest BCUT2D eigenvalue weighted by Gasteiger charge is 2.06. The highest BCUT2D eigenvalue weighted by atomic mass is 16.4. The number of anilines is 1. The summed E-state index contributed by atoms with van der Waals surface area (Å²) in [5.41, 5.74) is 2.26. The first-order chi connectivity index (χ1) is 9.15.